The normalized spacial score (nSPS) is 14.7. The highest BCUT2D eigenvalue weighted by Crippen LogP contribution is 2.36. The smallest absolute Gasteiger partial charge is 0.305 e. The lowest BCUT2D eigenvalue weighted by Crippen LogP contribution is -2.46. The van der Waals surface area contributed by atoms with Crippen molar-refractivity contribution in [3.05, 3.63) is 71.8 Å². The lowest BCUT2D eigenvalue weighted by molar-refractivity contribution is -0.140. The first kappa shape index (κ1) is 25.1. The van der Waals surface area contributed by atoms with Gasteiger partial charge in [-0.3, -0.25) is 14.9 Å². The summed E-state index contributed by atoms with van der Waals surface area (Å²) in [6.45, 7) is 6.35. The monoisotopic (exact) mass is 435 g/mol. The fourth-order valence-corrected chi connectivity index (χ4v) is 4.00. The van der Waals surface area contributed by atoms with Crippen molar-refractivity contribution in [1.82, 2.24) is 10.6 Å². The van der Waals surface area contributed by atoms with Crippen LogP contribution in [0.2, 0.25) is 0 Å². The number of carboxylic acid groups (broad SMARTS) is 1. The number of nitrogens with one attached hydrogen (secondary N) is 2. The van der Waals surface area contributed by atoms with Gasteiger partial charge in [-0.15, -0.1) is 0 Å². The standard InChI is InChI=1S/C26H33N3O3/c1-19(2)26(18-27,22-13-8-5-9-14-22)15-10-16-28-25(32)23(17-24(30)31)29-20(3)21-11-6-4-7-12-21/h4-9,11-14,19-20,23,29H,10,15-17H2,1-3H3,(H,28,32)(H,30,31)/t20-,23+,26+/m1/s1. The number of carbonyl (C=O) groups excluding carboxylic acids is 1. The van der Waals surface area contributed by atoms with Crippen LogP contribution >= 0.6 is 0 Å². The molecular formula is C26H33N3O3. The van der Waals surface area contributed by atoms with Gasteiger partial charge in [0.1, 0.15) is 0 Å². The first-order valence-electron chi connectivity index (χ1n) is 11.1. The Hall–Kier alpha value is -3.17. The number of nitrogens with zero attached hydrogens (tertiary/aromatic N) is 1. The maximum atomic E-state index is 12.7. The second-order valence-electron chi connectivity index (χ2n) is 8.45. The molecule has 2 aromatic rings. The summed E-state index contributed by atoms with van der Waals surface area (Å²) < 4.78 is 0. The van der Waals surface area contributed by atoms with Crippen molar-refractivity contribution in [2.75, 3.05) is 6.54 Å². The van der Waals surface area contributed by atoms with Crippen LogP contribution in [-0.2, 0) is 15.0 Å². The SMILES string of the molecule is CC(C)[C@@](C#N)(CCCNC(=O)[C@H](CC(=O)O)N[C@H](C)c1ccccc1)c1ccccc1. The van der Waals surface area contributed by atoms with Gasteiger partial charge in [0, 0.05) is 12.6 Å². The summed E-state index contributed by atoms with van der Waals surface area (Å²) in [4.78, 5) is 24.0. The number of carbonyl (C=O) groups is 2. The van der Waals surface area contributed by atoms with E-state index < -0.39 is 17.4 Å². The molecule has 0 radical (unpaired) electrons. The quantitative estimate of drug-likeness (QED) is 0.434. The van der Waals surface area contributed by atoms with E-state index in [-0.39, 0.29) is 24.3 Å². The Bertz CT molecular complexity index is 909. The Morgan fingerprint density at radius 3 is 2.16 bits per heavy atom. The van der Waals surface area contributed by atoms with Gasteiger partial charge in [0.25, 0.3) is 0 Å². The zero-order valence-corrected chi connectivity index (χ0v) is 19.0. The van der Waals surface area contributed by atoms with Crippen molar-refractivity contribution in [3.63, 3.8) is 0 Å². The Labute approximate surface area is 190 Å². The Morgan fingerprint density at radius 2 is 1.62 bits per heavy atom. The van der Waals surface area contributed by atoms with E-state index in [9.17, 15) is 20.0 Å². The molecule has 0 aromatic heterocycles. The van der Waals surface area contributed by atoms with Gasteiger partial charge in [-0.25, -0.2) is 0 Å². The average molecular weight is 436 g/mol. The van der Waals surface area contributed by atoms with Crippen LogP contribution < -0.4 is 10.6 Å². The van der Waals surface area contributed by atoms with Crippen molar-refractivity contribution >= 4 is 11.9 Å². The number of aliphatic carboxylic acids is 1. The van der Waals surface area contributed by atoms with Gasteiger partial charge < -0.3 is 10.4 Å². The Kier molecular flexibility index (Phi) is 9.42. The molecule has 0 unspecified atom stereocenters. The number of rotatable bonds is 12. The van der Waals surface area contributed by atoms with Gasteiger partial charge in [-0.1, -0.05) is 74.5 Å². The van der Waals surface area contributed by atoms with Gasteiger partial charge in [-0.2, -0.15) is 5.26 Å². The van der Waals surface area contributed by atoms with Crippen LogP contribution in [0.3, 0.4) is 0 Å². The second-order valence-corrected chi connectivity index (χ2v) is 8.45. The van der Waals surface area contributed by atoms with Gasteiger partial charge in [-0.05, 0) is 36.8 Å². The van der Waals surface area contributed by atoms with E-state index in [2.05, 4.69) is 16.7 Å². The van der Waals surface area contributed by atoms with Gasteiger partial charge in [0.2, 0.25) is 5.91 Å². The summed E-state index contributed by atoms with van der Waals surface area (Å²) in [6, 6.07) is 20.8. The van der Waals surface area contributed by atoms with E-state index in [1.807, 2.05) is 81.4 Å². The minimum atomic E-state index is -1.04. The molecule has 0 saturated carbocycles. The molecule has 170 valence electrons. The summed E-state index contributed by atoms with van der Waals surface area (Å²) >= 11 is 0. The van der Waals surface area contributed by atoms with Crippen LogP contribution in [0.4, 0.5) is 0 Å². The van der Waals surface area contributed by atoms with Crippen LogP contribution in [0.15, 0.2) is 60.7 Å². The Balaban J connectivity index is 1.98. The fourth-order valence-electron chi connectivity index (χ4n) is 4.00. The molecule has 3 N–H and O–H groups in total. The first-order valence-corrected chi connectivity index (χ1v) is 11.1. The molecule has 0 saturated heterocycles. The molecule has 6 heteroatoms. The minimum absolute atomic E-state index is 0.110. The summed E-state index contributed by atoms with van der Waals surface area (Å²) in [5.41, 5.74) is 1.33. The predicted octanol–water partition coefficient (Wildman–Crippen LogP) is 4.19. The summed E-state index contributed by atoms with van der Waals surface area (Å²) in [5, 5.41) is 25.2. The highest BCUT2D eigenvalue weighted by atomic mass is 16.4. The molecular weight excluding hydrogens is 402 g/mol. The van der Waals surface area contributed by atoms with Crippen LogP contribution in [0, 0.1) is 17.2 Å². The minimum Gasteiger partial charge on any atom is -0.481 e. The maximum absolute atomic E-state index is 12.7. The van der Waals surface area contributed by atoms with E-state index in [1.54, 1.807) is 0 Å². The lowest BCUT2D eigenvalue weighted by Gasteiger charge is -2.31. The predicted molar refractivity (Wildman–Crippen MR) is 125 cm³/mol. The molecule has 3 atom stereocenters. The molecule has 2 aromatic carbocycles. The van der Waals surface area contributed by atoms with Crippen molar-refractivity contribution in [1.29, 1.82) is 5.26 Å². The molecule has 0 aliphatic rings. The summed E-state index contributed by atoms with van der Waals surface area (Å²) in [7, 11) is 0. The zero-order valence-electron chi connectivity index (χ0n) is 19.0. The second kappa shape index (κ2) is 12.0. The molecule has 0 aliphatic heterocycles. The van der Waals surface area contributed by atoms with Crippen molar-refractivity contribution in [2.24, 2.45) is 5.92 Å². The van der Waals surface area contributed by atoms with E-state index in [4.69, 9.17) is 0 Å². The third kappa shape index (κ3) is 6.66. The summed E-state index contributed by atoms with van der Waals surface area (Å²) in [6.07, 6.45) is 0.907. The van der Waals surface area contributed by atoms with Crippen molar-refractivity contribution < 1.29 is 14.7 Å². The van der Waals surface area contributed by atoms with Crippen molar-refractivity contribution in [3.8, 4) is 6.07 Å². The Morgan fingerprint density at radius 1 is 1.03 bits per heavy atom. The van der Waals surface area contributed by atoms with Gasteiger partial charge >= 0.3 is 5.97 Å². The highest BCUT2D eigenvalue weighted by molar-refractivity contribution is 5.86. The number of nitriles is 1. The van der Waals surface area contributed by atoms with Gasteiger partial charge in [0.15, 0.2) is 0 Å². The van der Waals surface area contributed by atoms with Crippen LogP contribution in [0.25, 0.3) is 0 Å². The van der Waals surface area contributed by atoms with E-state index >= 15 is 0 Å². The van der Waals surface area contributed by atoms with E-state index in [0.29, 0.717) is 19.4 Å². The highest BCUT2D eigenvalue weighted by Gasteiger charge is 2.35. The third-order valence-corrected chi connectivity index (χ3v) is 5.97. The summed E-state index contributed by atoms with van der Waals surface area (Å²) in [5.74, 6) is -1.27. The topological polar surface area (TPSA) is 102 Å². The molecule has 1 amide bonds. The number of amides is 1. The first-order chi connectivity index (χ1) is 15.3. The molecule has 32 heavy (non-hydrogen) atoms. The third-order valence-electron chi connectivity index (χ3n) is 5.97. The molecule has 0 bridgehead atoms. The van der Waals surface area contributed by atoms with Crippen LogP contribution in [0.5, 0.6) is 0 Å². The molecule has 0 aliphatic carbocycles. The average Bonchev–Trinajstić information content (AvgIpc) is 2.79. The molecule has 6 nitrogen and oxygen atoms in total. The number of benzene rings is 2. The molecule has 0 heterocycles. The van der Waals surface area contributed by atoms with E-state index in [0.717, 1.165) is 11.1 Å². The van der Waals surface area contributed by atoms with Crippen LogP contribution in [0.1, 0.15) is 57.2 Å². The fraction of sp³-hybridized carbons (Fsp3) is 0.423. The van der Waals surface area contributed by atoms with Crippen molar-refractivity contribution in [2.45, 2.75) is 57.5 Å². The van der Waals surface area contributed by atoms with Crippen LogP contribution in [-0.4, -0.2) is 29.6 Å². The molecule has 0 fully saturated rings. The number of carboxylic acids is 1. The molecule has 2 rings (SSSR count). The maximum Gasteiger partial charge on any atom is 0.305 e. The zero-order chi connectivity index (χ0) is 23.6. The number of hydrogen-bond donors (Lipinski definition) is 3. The molecule has 0 spiro atoms. The van der Waals surface area contributed by atoms with E-state index in [1.165, 1.54) is 0 Å². The van der Waals surface area contributed by atoms with Gasteiger partial charge in [0.05, 0.1) is 23.9 Å². The number of hydrogen-bond acceptors (Lipinski definition) is 4. The lowest BCUT2D eigenvalue weighted by atomic mass is 9.70. The largest absolute Gasteiger partial charge is 0.481 e.